The van der Waals surface area contributed by atoms with Crippen molar-refractivity contribution in [3.8, 4) is 0 Å². The maximum absolute atomic E-state index is 11.6. The first kappa shape index (κ1) is 13.6. The van der Waals surface area contributed by atoms with Gasteiger partial charge < -0.3 is 15.3 Å². The van der Waals surface area contributed by atoms with Crippen LogP contribution in [0.4, 0.5) is 0 Å². The first-order valence-electron chi connectivity index (χ1n) is 5.24. The Morgan fingerprint density at radius 1 is 1.53 bits per heavy atom. The predicted molar refractivity (Wildman–Crippen MR) is 64.8 cm³/mol. The molecule has 0 atom stereocenters. The summed E-state index contributed by atoms with van der Waals surface area (Å²) in [7, 11) is 0. The van der Waals surface area contributed by atoms with Crippen LogP contribution in [-0.2, 0) is 20.9 Å². The molecule has 2 N–H and O–H groups in total. The van der Waals surface area contributed by atoms with Crippen molar-refractivity contribution in [3.63, 3.8) is 0 Å². The van der Waals surface area contributed by atoms with Gasteiger partial charge in [-0.25, -0.2) is 9.78 Å². The third kappa shape index (κ3) is 3.79. The average molecular weight is 257 g/mol. The van der Waals surface area contributed by atoms with E-state index in [-0.39, 0.29) is 12.3 Å². The fourth-order valence-electron chi connectivity index (χ4n) is 1.03. The Kier molecular flexibility index (Phi) is 5.58. The van der Waals surface area contributed by atoms with Crippen LogP contribution in [0.2, 0.25) is 0 Å². The van der Waals surface area contributed by atoms with E-state index in [1.165, 1.54) is 11.3 Å². The first-order chi connectivity index (χ1) is 8.22. The quantitative estimate of drug-likeness (QED) is 0.465. The van der Waals surface area contributed by atoms with Crippen molar-refractivity contribution in [1.29, 1.82) is 0 Å². The minimum atomic E-state index is -0.546. The molecule has 0 unspecified atom stereocenters. The van der Waals surface area contributed by atoms with Crippen LogP contribution in [0.1, 0.15) is 24.5 Å². The molecule has 0 bridgehead atoms. The summed E-state index contributed by atoms with van der Waals surface area (Å²) in [6, 6.07) is 0. The van der Waals surface area contributed by atoms with Gasteiger partial charge in [0.1, 0.15) is 17.3 Å². The molecule has 17 heavy (non-hydrogen) atoms. The molecule has 0 radical (unpaired) electrons. The van der Waals surface area contributed by atoms with E-state index >= 15 is 0 Å². The molecule has 0 spiro atoms. The lowest BCUT2D eigenvalue weighted by Gasteiger charge is -2.02. The number of ether oxygens (including phenoxy) is 1. The molecule has 0 amide bonds. The van der Waals surface area contributed by atoms with E-state index in [2.05, 4.69) is 10.1 Å². The lowest BCUT2D eigenvalue weighted by Crippen LogP contribution is -2.20. The molecule has 0 aliphatic heterocycles. The standard InChI is InChI=1S/C10H15N3O3S/c1-3-15-10(14)9(13-16-4-2)7-6-17-8(5-11)12-7/h6H,3-5,11H2,1-2H3. The topological polar surface area (TPSA) is 86.8 Å². The molecule has 0 saturated carbocycles. The second-order valence-corrected chi connectivity index (χ2v) is 3.85. The number of aromatic nitrogens is 1. The summed E-state index contributed by atoms with van der Waals surface area (Å²) in [5.41, 5.74) is 5.97. The lowest BCUT2D eigenvalue weighted by molar-refractivity contribution is -0.135. The molecule has 7 heteroatoms. The predicted octanol–water partition coefficient (Wildman–Crippen LogP) is 0.905. The highest BCUT2D eigenvalue weighted by atomic mass is 32.1. The van der Waals surface area contributed by atoms with Crippen LogP contribution in [0.3, 0.4) is 0 Å². The van der Waals surface area contributed by atoms with Crippen molar-refractivity contribution in [3.05, 3.63) is 16.1 Å². The van der Waals surface area contributed by atoms with Crippen molar-refractivity contribution in [1.82, 2.24) is 4.98 Å². The Bertz CT molecular complexity index is 403. The summed E-state index contributed by atoms with van der Waals surface area (Å²) in [6.07, 6.45) is 0. The van der Waals surface area contributed by atoms with E-state index < -0.39 is 5.97 Å². The monoisotopic (exact) mass is 257 g/mol. The van der Waals surface area contributed by atoms with E-state index in [0.717, 1.165) is 5.01 Å². The van der Waals surface area contributed by atoms with Crippen LogP contribution in [0, 0.1) is 0 Å². The molecule has 1 heterocycles. The highest BCUT2D eigenvalue weighted by Crippen LogP contribution is 2.11. The average Bonchev–Trinajstić information content (AvgIpc) is 2.78. The molecule has 6 nitrogen and oxygen atoms in total. The highest BCUT2D eigenvalue weighted by Gasteiger charge is 2.19. The Morgan fingerprint density at radius 2 is 2.29 bits per heavy atom. The third-order valence-electron chi connectivity index (χ3n) is 1.72. The number of oxime groups is 1. The van der Waals surface area contributed by atoms with E-state index in [1.54, 1.807) is 19.2 Å². The Morgan fingerprint density at radius 3 is 2.82 bits per heavy atom. The van der Waals surface area contributed by atoms with E-state index in [4.69, 9.17) is 15.3 Å². The molecule has 0 aromatic carbocycles. The SMILES string of the molecule is CCON=C(C(=O)OCC)c1csc(CN)n1. The van der Waals surface area contributed by atoms with Gasteiger partial charge in [-0.3, -0.25) is 0 Å². The molecule has 1 aromatic rings. The van der Waals surface area contributed by atoms with Gasteiger partial charge in [-0.15, -0.1) is 11.3 Å². The van der Waals surface area contributed by atoms with Gasteiger partial charge in [0, 0.05) is 11.9 Å². The van der Waals surface area contributed by atoms with Crippen molar-refractivity contribution >= 4 is 23.0 Å². The summed E-state index contributed by atoms with van der Waals surface area (Å²) < 4.78 is 4.88. The Balaban J connectivity index is 2.93. The molecule has 94 valence electrons. The Labute approximate surface area is 103 Å². The first-order valence-corrected chi connectivity index (χ1v) is 6.12. The number of nitrogens with zero attached hydrogens (tertiary/aromatic N) is 2. The number of esters is 1. The second-order valence-electron chi connectivity index (χ2n) is 2.91. The number of rotatable bonds is 6. The van der Waals surface area contributed by atoms with Gasteiger partial charge in [-0.1, -0.05) is 5.16 Å². The fraction of sp³-hybridized carbons (Fsp3) is 0.500. The summed E-state index contributed by atoms with van der Waals surface area (Å²) in [5.74, 6) is -0.546. The van der Waals surface area contributed by atoms with Gasteiger partial charge in [0.2, 0.25) is 5.71 Å². The van der Waals surface area contributed by atoms with E-state index in [0.29, 0.717) is 18.8 Å². The molecule has 0 aliphatic carbocycles. The van der Waals surface area contributed by atoms with Gasteiger partial charge in [0.15, 0.2) is 0 Å². The minimum Gasteiger partial charge on any atom is -0.461 e. The summed E-state index contributed by atoms with van der Waals surface area (Å²) in [5, 5.41) is 6.16. The van der Waals surface area contributed by atoms with Gasteiger partial charge in [0.05, 0.1) is 6.61 Å². The molecule has 0 saturated heterocycles. The number of thiazole rings is 1. The van der Waals surface area contributed by atoms with Gasteiger partial charge >= 0.3 is 5.97 Å². The number of hydrogen-bond acceptors (Lipinski definition) is 7. The molecule has 0 aliphatic rings. The fourth-order valence-corrected chi connectivity index (χ4v) is 1.69. The minimum absolute atomic E-state index is 0.0737. The number of hydrogen-bond donors (Lipinski definition) is 1. The van der Waals surface area contributed by atoms with Crippen LogP contribution in [0.25, 0.3) is 0 Å². The molecule has 0 fully saturated rings. The molecular weight excluding hydrogens is 242 g/mol. The summed E-state index contributed by atoms with van der Waals surface area (Å²) >= 11 is 1.37. The van der Waals surface area contributed by atoms with Crippen molar-refractivity contribution < 1.29 is 14.4 Å². The maximum atomic E-state index is 11.6. The van der Waals surface area contributed by atoms with Crippen molar-refractivity contribution in [2.45, 2.75) is 20.4 Å². The van der Waals surface area contributed by atoms with Crippen molar-refractivity contribution in [2.24, 2.45) is 10.9 Å². The second kappa shape index (κ2) is 6.97. The summed E-state index contributed by atoms with van der Waals surface area (Å²) in [6.45, 7) is 4.48. The van der Waals surface area contributed by atoms with E-state index in [9.17, 15) is 4.79 Å². The van der Waals surface area contributed by atoms with Gasteiger partial charge in [0.25, 0.3) is 0 Å². The number of nitrogens with two attached hydrogens (primary N) is 1. The maximum Gasteiger partial charge on any atom is 0.362 e. The molecule has 1 aromatic heterocycles. The molecule has 1 rings (SSSR count). The lowest BCUT2D eigenvalue weighted by atomic mass is 10.3. The zero-order valence-electron chi connectivity index (χ0n) is 9.80. The van der Waals surface area contributed by atoms with Crippen molar-refractivity contribution in [2.75, 3.05) is 13.2 Å². The highest BCUT2D eigenvalue weighted by molar-refractivity contribution is 7.09. The smallest absolute Gasteiger partial charge is 0.362 e. The molecular formula is C10H15N3O3S. The van der Waals surface area contributed by atoms with Crippen LogP contribution in [-0.4, -0.2) is 29.9 Å². The van der Waals surface area contributed by atoms with Crippen LogP contribution in [0.15, 0.2) is 10.5 Å². The summed E-state index contributed by atoms with van der Waals surface area (Å²) in [4.78, 5) is 20.7. The number of carbonyl (C=O) groups excluding carboxylic acids is 1. The van der Waals surface area contributed by atoms with Crippen LogP contribution in [0.5, 0.6) is 0 Å². The third-order valence-corrected chi connectivity index (χ3v) is 2.59. The zero-order chi connectivity index (χ0) is 12.7. The zero-order valence-corrected chi connectivity index (χ0v) is 10.6. The largest absolute Gasteiger partial charge is 0.461 e. The number of carbonyl (C=O) groups is 1. The van der Waals surface area contributed by atoms with Gasteiger partial charge in [-0.2, -0.15) is 0 Å². The van der Waals surface area contributed by atoms with Crippen LogP contribution >= 0.6 is 11.3 Å². The normalized spacial score (nSPS) is 11.4. The van der Waals surface area contributed by atoms with E-state index in [1.807, 2.05) is 0 Å². The Hall–Kier alpha value is -1.47. The van der Waals surface area contributed by atoms with Crippen LogP contribution < -0.4 is 5.73 Å². The van der Waals surface area contributed by atoms with Gasteiger partial charge in [-0.05, 0) is 13.8 Å².